The molecule has 1 aromatic heterocycles. The molecule has 154 valence electrons. The summed E-state index contributed by atoms with van der Waals surface area (Å²) in [5.74, 6) is 0.458. The zero-order valence-corrected chi connectivity index (χ0v) is 18.1. The van der Waals surface area contributed by atoms with Gasteiger partial charge in [0.05, 0.1) is 34.3 Å². The van der Waals surface area contributed by atoms with Crippen molar-refractivity contribution >= 4 is 40.1 Å². The van der Waals surface area contributed by atoms with Crippen molar-refractivity contribution in [3.8, 4) is 5.75 Å². The molecule has 8 heteroatoms. The maximum Gasteiger partial charge on any atom is 0.404 e. The van der Waals surface area contributed by atoms with E-state index in [1.165, 1.54) is 0 Å². The van der Waals surface area contributed by atoms with Gasteiger partial charge in [-0.3, -0.25) is 4.79 Å². The van der Waals surface area contributed by atoms with Crippen LogP contribution in [0.25, 0.3) is 10.8 Å². The van der Waals surface area contributed by atoms with Gasteiger partial charge in [0, 0.05) is 11.9 Å². The van der Waals surface area contributed by atoms with E-state index in [2.05, 4.69) is 5.32 Å². The molecule has 0 aliphatic carbocycles. The van der Waals surface area contributed by atoms with E-state index in [4.69, 9.17) is 33.0 Å². The number of halogens is 2. The molecular formula is C20H26Cl2N2O4. The minimum Gasteiger partial charge on any atom is -0.491 e. The average Bonchev–Trinajstić information content (AvgIpc) is 2.58. The number of hydrogen-bond acceptors (Lipinski definition) is 3. The number of carboxylic acid groups (broad SMARTS) is 1. The van der Waals surface area contributed by atoms with E-state index in [0.717, 1.165) is 12.8 Å². The SMILES string of the molecule is CCCCOc1c(CNC(=O)O)n(CC(C)(C)C)c(=O)c2cc(Cl)c(Cl)cc12. The molecule has 0 unspecified atom stereocenters. The number of rotatable bonds is 7. The third-order valence-corrected chi connectivity index (χ3v) is 4.87. The molecule has 2 aromatic rings. The van der Waals surface area contributed by atoms with E-state index in [0.29, 0.717) is 40.4 Å². The van der Waals surface area contributed by atoms with Gasteiger partial charge >= 0.3 is 6.09 Å². The number of unbranched alkanes of at least 4 members (excludes halogenated alkanes) is 1. The van der Waals surface area contributed by atoms with Crippen molar-refractivity contribution in [2.24, 2.45) is 5.41 Å². The number of amides is 1. The van der Waals surface area contributed by atoms with E-state index in [9.17, 15) is 9.59 Å². The molecule has 2 rings (SSSR count). The van der Waals surface area contributed by atoms with E-state index in [-0.39, 0.29) is 22.5 Å². The number of fused-ring (bicyclic) bond motifs is 1. The third kappa shape index (κ3) is 5.32. The van der Waals surface area contributed by atoms with Gasteiger partial charge in [0.2, 0.25) is 0 Å². The van der Waals surface area contributed by atoms with Crippen LogP contribution < -0.4 is 15.6 Å². The molecule has 2 N–H and O–H groups in total. The number of nitrogens with one attached hydrogen (secondary N) is 1. The van der Waals surface area contributed by atoms with Crippen molar-refractivity contribution in [1.82, 2.24) is 9.88 Å². The summed E-state index contributed by atoms with van der Waals surface area (Å²) in [7, 11) is 0. The van der Waals surface area contributed by atoms with Gasteiger partial charge in [0.1, 0.15) is 5.75 Å². The van der Waals surface area contributed by atoms with Gasteiger partial charge in [-0.25, -0.2) is 4.79 Å². The number of nitrogens with zero attached hydrogens (tertiary/aromatic N) is 1. The number of ether oxygens (including phenoxy) is 1. The van der Waals surface area contributed by atoms with Gasteiger partial charge < -0.3 is 19.7 Å². The lowest BCUT2D eigenvalue weighted by Gasteiger charge is -2.25. The Morgan fingerprint density at radius 1 is 1.21 bits per heavy atom. The summed E-state index contributed by atoms with van der Waals surface area (Å²) >= 11 is 12.3. The van der Waals surface area contributed by atoms with Crippen LogP contribution in [0.15, 0.2) is 16.9 Å². The Kier molecular flexibility index (Phi) is 7.23. The van der Waals surface area contributed by atoms with Crippen LogP contribution in [-0.2, 0) is 13.1 Å². The zero-order chi connectivity index (χ0) is 21.1. The molecule has 0 radical (unpaired) electrons. The highest BCUT2D eigenvalue weighted by Crippen LogP contribution is 2.35. The fourth-order valence-electron chi connectivity index (χ4n) is 2.91. The topological polar surface area (TPSA) is 80.6 Å². The number of benzene rings is 1. The lowest BCUT2D eigenvalue weighted by molar-refractivity contribution is 0.193. The summed E-state index contributed by atoms with van der Waals surface area (Å²) in [6, 6.07) is 3.15. The molecule has 6 nitrogen and oxygen atoms in total. The Balaban J connectivity index is 2.82. The first-order valence-corrected chi connectivity index (χ1v) is 9.94. The molecule has 0 spiro atoms. The highest BCUT2D eigenvalue weighted by Gasteiger charge is 2.23. The van der Waals surface area contributed by atoms with Crippen molar-refractivity contribution in [3.05, 3.63) is 38.2 Å². The van der Waals surface area contributed by atoms with E-state index < -0.39 is 6.09 Å². The average molecular weight is 429 g/mol. The highest BCUT2D eigenvalue weighted by molar-refractivity contribution is 6.42. The fourth-order valence-corrected chi connectivity index (χ4v) is 3.24. The molecule has 0 aliphatic heterocycles. The Bertz CT molecular complexity index is 933. The van der Waals surface area contributed by atoms with E-state index >= 15 is 0 Å². The van der Waals surface area contributed by atoms with Gasteiger partial charge in [0.15, 0.2) is 0 Å². The smallest absolute Gasteiger partial charge is 0.404 e. The number of carbonyl (C=O) groups is 1. The molecule has 1 amide bonds. The number of hydrogen-bond donors (Lipinski definition) is 2. The minimum absolute atomic E-state index is 0.0572. The molecular weight excluding hydrogens is 403 g/mol. The quantitative estimate of drug-likeness (QED) is 0.586. The monoisotopic (exact) mass is 428 g/mol. The van der Waals surface area contributed by atoms with E-state index in [1.54, 1.807) is 16.7 Å². The van der Waals surface area contributed by atoms with E-state index in [1.807, 2.05) is 27.7 Å². The Labute approximate surface area is 174 Å². The summed E-state index contributed by atoms with van der Waals surface area (Å²) < 4.78 is 7.61. The normalized spacial score (nSPS) is 11.6. The molecule has 0 saturated heterocycles. The second kappa shape index (κ2) is 9.05. The second-order valence-electron chi connectivity index (χ2n) is 7.90. The van der Waals surface area contributed by atoms with Crippen LogP contribution in [0.3, 0.4) is 0 Å². The summed E-state index contributed by atoms with van der Waals surface area (Å²) in [5, 5.41) is 13.0. The Morgan fingerprint density at radius 2 is 1.82 bits per heavy atom. The summed E-state index contributed by atoms with van der Waals surface area (Å²) in [6.45, 7) is 8.84. The van der Waals surface area contributed by atoms with Crippen molar-refractivity contribution in [2.45, 2.75) is 53.6 Å². The van der Waals surface area contributed by atoms with Crippen molar-refractivity contribution < 1.29 is 14.6 Å². The largest absolute Gasteiger partial charge is 0.491 e. The zero-order valence-electron chi connectivity index (χ0n) is 16.6. The van der Waals surface area contributed by atoms with Crippen LogP contribution >= 0.6 is 23.2 Å². The predicted molar refractivity (Wildman–Crippen MR) is 113 cm³/mol. The molecule has 28 heavy (non-hydrogen) atoms. The van der Waals surface area contributed by atoms with Gasteiger partial charge in [0.25, 0.3) is 5.56 Å². The molecule has 1 heterocycles. The Morgan fingerprint density at radius 3 is 2.36 bits per heavy atom. The molecule has 0 fully saturated rings. The van der Waals surface area contributed by atoms with Gasteiger partial charge in [-0.2, -0.15) is 0 Å². The summed E-state index contributed by atoms with van der Waals surface area (Å²) in [6.07, 6.45) is 0.588. The van der Waals surface area contributed by atoms with Crippen LogP contribution in [0.5, 0.6) is 5.75 Å². The highest BCUT2D eigenvalue weighted by atomic mass is 35.5. The first kappa shape index (κ1) is 22.4. The lowest BCUT2D eigenvalue weighted by Crippen LogP contribution is -2.33. The molecule has 1 aromatic carbocycles. The summed E-state index contributed by atoms with van der Waals surface area (Å²) in [4.78, 5) is 24.4. The molecule has 0 saturated carbocycles. The van der Waals surface area contributed by atoms with Crippen LogP contribution in [0.1, 0.15) is 46.2 Å². The maximum atomic E-state index is 13.2. The van der Waals surface area contributed by atoms with Crippen LogP contribution in [0, 0.1) is 5.41 Å². The standard InChI is InChI=1S/C20H26Cl2N2O4/c1-5-6-7-28-17-12-8-14(21)15(22)9-13(12)18(25)24(11-20(2,3)4)16(17)10-23-19(26)27/h8-9,23H,5-7,10-11H2,1-4H3,(H,26,27). The molecule has 0 atom stereocenters. The van der Waals surface area contributed by atoms with Crippen LogP contribution in [-0.4, -0.2) is 22.4 Å². The van der Waals surface area contributed by atoms with Gasteiger partial charge in [-0.05, 0) is 24.0 Å². The van der Waals surface area contributed by atoms with Gasteiger partial charge in [-0.15, -0.1) is 0 Å². The predicted octanol–water partition coefficient (Wildman–Crippen LogP) is 5.30. The lowest BCUT2D eigenvalue weighted by atomic mass is 9.96. The molecule has 0 bridgehead atoms. The minimum atomic E-state index is -1.18. The summed E-state index contributed by atoms with van der Waals surface area (Å²) in [5.41, 5.74) is 0.00433. The van der Waals surface area contributed by atoms with Gasteiger partial charge in [-0.1, -0.05) is 57.3 Å². The third-order valence-electron chi connectivity index (χ3n) is 4.15. The maximum absolute atomic E-state index is 13.2. The second-order valence-corrected chi connectivity index (χ2v) is 8.71. The van der Waals surface area contributed by atoms with Crippen molar-refractivity contribution in [3.63, 3.8) is 0 Å². The molecule has 0 aliphatic rings. The first-order valence-electron chi connectivity index (χ1n) is 9.19. The first-order chi connectivity index (χ1) is 13.0. The van der Waals surface area contributed by atoms with Crippen LogP contribution in [0.2, 0.25) is 10.0 Å². The number of pyridine rings is 1. The fraction of sp³-hybridized carbons (Fsp3) is 0.500. The van der Waals surface area contributed by atoms with Crippen LogP contribution in [0.4, 0.5) is 4.79 Å². The van der Waals surface area contributed by atoms with Crippen molar-refractivity contribution in [1.29, 1.82) is 0 Å². The van der Waals surface area contributed by atoms with Crippen molar-refractivity contribution in [2.75, 3.05) is 6.61 Å². The Hall–Kier alpha value is -1.92. The number of aromatic nitrogens is 1.